The third-order valence-electron chi connectivity index (χ3n) is 8.17. The quantitative estimate of drug-likeness (QED) is 0.227. The highest BCUT2D eigenvalue weighted by Crippen LogP contribution is 2.40. The molecule has 2 aromatic heterocycles. The summed E-state index contributed by atoms with van der Waals surface area (Å²) < 4.78 is 4.58. The zero-order chi connectivity index (χ0) is 28.2. The average molecular weight is 535 g/mol. The molecule has 0 aliphatic heterocycles. The average Bonchev–Trinajstić information content (AvgIpc) is 3.57. The topological polar surface area (TPSA) is 57.4 Å². The minimum Gasteiger partial charge on any atom is -0.309 e. The number of aromatic nitrogens is 2. The smallest absolute Gasteiger partial charge is 0.0991 e. The molecule has 4 heteroatoms. The molecule has 6 aromatic carbocycles. The number of benzene rings is 6. The van der Waals surface area contributed by atoms with Crippen molar-refractivity contribution in [1.29, 1.82) is 10.5 Å². The van der Waals surface area contributed by atoms with Crippen LogP contribution in [0.4, 0.5) is 0 Å². The monoisotopic (exact) mass is 534 g/mol. The maximum absolute atomic E-state index is 9.65. The van der Waals surface area contributed by atoms with Crippen LogP contribution < -0.4 is 0 Å². The van der Waals surface area contributed by atoms with Crippen molar-refractivity contribution in [3.63, 3.8) is 0 Å². The van der Waals surface area contributed by atoms with Gasteiger partial charge < -0.3 is 9.13 Å². The molecule has 0 amide bonds. The van der Waals surface area contributed by atoms with Crippen molar-refractivity contribution >= 4 is 43.6 Å². The van der Waals surface area contributed by atoms with Gasteiger partial charge in [-0.1, -0.05) is 60.7 Å². The van der Waals surface area contributed by atoms with Gasteiger partial charge in [0.2, 0.25) is 0 Å². The van der Waals surface area contributed by atoms with Gasteiger partial charge in [0, 0.05) is 38.5 Å². The second-order valence-electron chi connectivity index (χ2n) is 10.5. The molecular formula is C38H22N4. The number of para-hydroxylation sites is 3. The van der Waals surface area contributed by atoms with Crippen molar-refractivity contribution in [1.82, 2.24) is 9.13 Å². The lowest BCUT2D eigenvalue weighted by Gasteiger charge is -2.12. The zero-order valence-corrected chi connectivity index (χ0v) is 22.5. The number of rotatable bonds is 3. The van der Waals surface area contributed by atoms with Gasteiger partial charge in [-0.3, -0.25) is 0 Å². The van der Waals surface area contributed by atoms with Crippen molar-refractivity contribution in [2.75, 3.05) is 0 Å². The van der Waals surface area contributed by atoms with Gasteiger partial charge in [0.1, 0.15) is 0 Å². The van der Waals surface area contributed by atoms with Crippen LogP contribution >= 0.6 is 0 Å². The Morgan fingerprint density at radius 3 is 1.86 bits per heavy atom. The fourth-order valence-electron chi connectivity index (χ4n) is 6.32. The van der Waals surface area contributed by atoms with E-state index >= 15 is 0 Å². The normalized spacial score (nSPS) is 11.3. The first-order chi connectivity index (χ1) is 20.7. The van der Waals surface area contributed by atoms with E-state index in [0.717, 1.165) is 55.3 Å². The van der Waals surface area contributed by atoms with E-state index in [1.54, 1.807) is 0 Å². The van der Waals surface area contributed by atoms with Crippen molar-refractivity contribution < 1.29 is 0 Å². The van der Waals surface area contributed by atoms with E-state index in [4.69, 9.17) is 0 Å². The van der Waals surface area contributed by atoms with E-state index in [9.17, 15) is 10.5 Å². The van der Waals surface area contributed by atoms with Crippen LogP contribution in [-0.2, 0) is 0 Å². The summed E-state index contributed by atoms with van der Waals surface area (Å²) in [6.45, 7) is 0. The summed E-state index contributed by atoms with van der Waals surface area (Å²) in [4.78, 5) is 0. The second-order valence-corrected chi connectivity index (χ2v) is 10.5. The van der Waals surface area contributed by atoms with Gasteiger partial charge in [0.15, 0.2) is 0 Å². The Labute approximate surface area is 242 Å². The molecule has 0 atom stereocenters. The number of nitriles is 2. The summed E-state index contributed by atoms with van der Waals surface area (Å²) in [5, 5.41) is 23.5. The third kappa shape index (κ3) is 3.47. The molecule has 0 saturated heterocycles. The van der Waals surface area contributed by atoms with Crippen LogP contribution in [0.25, 0.3) is 66.1 Å². The first-order valence-electron chi connectivity index (χ1n) is 13.8. The molecule has 0 bridgehead atoms. The maximum Gasteiger partial charge on any atom is 0.0991 e. The predicted octanol–water partition coefficient (Wildman–Crippen LogP) is 9.29. The molecule has 0 saturated carbocycles. The molecule has 2 heterocycles. The van der Waals surface area contributed by atoms with E-state index < -0.39 is 0 Å². The van der Waals surface area contributed by atoms with Crippen molar-refractivity contribution in [2.45, 2.75) is 0 Å². The van der Waals surface area contributed by atoms with Crippen LogP contribution in [0.1, 0.15) is 11.1 Å². The van der Waals surface area contributed by atoms with Gasteiger partial charge >= 0.3 is 0 Å². The molecule has 8 rings (SSSR count). The summed E-state index contributed by atoms with van der Waals surface area (Å²) >= 11 is 0. The molecule has 0 fully saturated rings. The molecule has 8 aromatic rings. The Morgan fingerprint density at radius 2 is 1.05 bits per heavy atom. The number of hydrogen-bond acceptors (Lipinski definition) is 2. The number of hydrogen-bond donors (Lipinski definition) is 0. The Hall–Kier alpha value is -6.10. The lowest BCUT2D eigenvalue weighted by molar-refractivity contribution is 1.18. The van der Waals surface area contributed by atoms with E-state index in [0.29, 0.717) is 11.1 Å². The molecule has 0 spiro atoms. The second kappa shape index (κ2) is 9.24. The molecule has 42 heavy (non-hydrogen) atoms. The SMILES string of the molecule is N#Cc1ccc(-n2c3ccccc3c3cc(-c4cccc5c6cc(C#N)ccc6n(-c6ccccc6)c45)ccc32)cc1. The standard InChI is InChI=1S/C38H22N4/c39-23-25-13-17-29(18-14-25)41-35-12-5-4-9-31(35)34-22-27(16-20-36(34)41)30-10-6-11-32-33-21-26(24-40)15-19-37(33)42(38(30)32)28-7-2-1-3-8-28/h1-22H. The summed E-state index contributed by atoms with van der Waals surface area (Å²) in [6.07, 6.45) is 0. The van der Waals surface area contributed by atoms with E-state index in [-0.39, 0.29) is 0 Å². The van der Waals surface area contributed by atoms with Gasteiger partial charge in [0.05, 0.1) is 45.3 Å². The Bertz CT molecular complexity index is 2410. The molecule has 0 unspecified atom stereocenters. The summed E-state index contributed by atoms with van der Waals surface area (Å²) in [6, 6.07) is 50.2. The molecular weight excluding hydrogens is 512 g/mol. The van der Waals surface area contributed by atoms with Crippen molar-refractivity contribution in [3.8, 4) is 34.6 Å². The molecule has 0 radical (unpaired) electrons. The van der Waals surface area contributed by atoms with Crippen molar-refractivity contribution in [3.05, 3.63) is 145 Å². The Kier molecular flexibility index (Phi) is 5.22. The van der Waals surface area contributed by atoms with Crippen LogP contribution in [0.15, 0.2) is 133 Å². The van der Waals surface area contributed by atoms with E-state index in [1.165, 1.54) is 10.8 Å². The minimum absolute atomic E-state index is 0.644. The fraction of sp³-hybridized carbons (Fsp3) is 0. The third-order valence-corrected chi connectivity index (χ3v) is 8.17. The van der Waals surface area contributed by atoms with Crippen LogP contribution in [0, 0.1) is 22.7 Å². The van der Waals surface area contributed by atoms with Gasteiger partial charge in [0.25, 0.3) is 0 Å². The highest BCUT2D eigenvalue weighted by molar-refractivity contribution is 6.15. The lowest BCUT2D eigenvalue weighted by atomic mass is 9.99. The zero-order valence-electron chi connectivity index (χ0n) is 22.5. The number of nitrogens with zero attached hydrogens (tertiary/aromatic N) is 4. The van der Waals surface area contributed by atoms with Gasteiger partial charge in [-0.15, -0.1) is 0 Å². The van der Waals surface area contributed by atoms with E-state index in [1.807, 2.05) is 42.5 Å². The highest BCUT2D eigenvalue weighted by Gasteiger charge is 2.18. The molecule has 0 aliphatic rings. The first-order valence-corrected chi connectivity index (χ1v) is 13.8. The van der Waals surface area contributed by atoms with Gasteiger partial charge in [-0.25, -0.2) is 0 Å². The highest BCUT2D eigenvalue weighted by atomic mass is 15.0. The predicted molar refractivity (Wildman–Crippen MR) is 170 cm³/mol. The first kappa shape index (κ1) is 23.8. The molecule has 4 nitrogen and oxygen atoms in total. The summed E-state index contributed by atoms with van der Waals surface area (Å²) in [5.74, 6) is 0. The van der Waals surface area contributed by atoms with Crippen molar-refractivity contribution in [2.24, 2.45) is 0 Å². The minimum atomic E-state index is 0.644. The largest absolute Gasteiger partial charge is 0.309 e. The molecule has 0 N–H and O–H groups in total. The maximum atomic E-state index is 9.65. The van der Waals surface area contributed by atoms with Crippen LogP contribution in [0.5, 0.6) is 0 Å². The number of fused-ring (bicyclic) bond motifs is 6. The van der Waals surface area contributed by atoms with Gasteiger partial charge in [-0.05, 0) is 78.4 Å². The van der Waals surface area contributed by atoms with Crippen LogP contribution in [0.2, 0.25) is 0 Å². The lowest BCUT2D eigenvalue weighted by Crippen LogP contribution is -1.95. The van der Waals surface area contributed by atoms with Crippen LogP contribution in [0.3, 0.4) is 0 Å². The fourth-order valence-corrected chi connectivity index (χ4v) is 6.32. The van der Waals surface area contributed by atoms with Crippen LogP contribution in [-0.4, -0.2) is 9.13 Å². The Morgan fingerprint density at radius 1 is 0.429 bits per heavy atom. The Balaban J connectivity index is 1.43. The molecule has 194 valence electrons. The summed E-state index contributed by atoms with van der Waals surface area (Å²) in [7, 11) is 0. The van der Waals surface area contributed by atoms with Gasteiger partial charge in [-0.2, -0.15) is 10.5 Å². The summed E-state index contributed by atoms with van der Waals surface area (Å²) in [5.41, 5.74) is 10.1. The van der Waals surface area contributed by atoms with E-state index in [2.05, 4.69) is 112 Å². The molecule has 0 aliphatic carbocycles.